The van der Waals surface area contributed by atoms with Crippen molar-refractivity contribution in [2.75, 3.05) is 0 Å². The van der Waals surface area contributed by atoms with Crippen LogP contribution in [-0.2, 0) is 0 Å². The molecule has 0 unspecified atom stereocenters. The number of para-hydroxylation sites is 2. The first kappa shape index (κ1) is 26.0. The van der Waals surface area contributed by atoms with Crippen LogP contribution in [0.5, 0.6) is 0 Å². The summed E-state index contributed by atoms with van der Waals surface area (Å²) >= 11 is 0. The lowest BCUT2D eigenvalue weighted by Crippen LogP contribution is -2.03. The highest BCUT2D eigenvalue weighted by molar-refractivity contribution is 6.32. The van der Waals surface area contributed by atoms with Crippen LogP contribution in [0.4, 0.5) is 0 Å². The van der Waals surface area contributed by atoms with Crippen LogP contribution in [0.2, 0.25) is 0 Å². The minimum atomic E-state index is 0.707. The fraction of sp³-hybridized carbons (Fsp3) is 0. The highest BCUT2D eigenvalue weighted by atomic mass is 15.1. The van der Waals surface area contributed by atoms with Crippen molar-refractivity contribution in [1.29, 1.82) is 0 Å². The predicted molar refractivity (Wildman–Crippen MR) is 197 cm³/mol. The van der Waals surface area contributed by atoms with Crippen LogP contribution < -0.4 is 0 Å². The SMILES string of the molecule is c1ccc(-c2cc(-n3c4ccccc4c4ccccc43)nc(-c3cc4c5ccccc5c5ccccc5c4c4ccccc34)n2)cc1. The number of hydrogen-bond donors (Lipinski definition) is 0. The number of nitrogens with zero attached hydrogens (tertiary/aromatic N) is 3. The third-order valence-electron chi connectivity index (χ3n) is 9.58. The molecule has 3 nitrogen and oxygen atoms in total. The average molecular weight is 598 g/mol. The minimum absolute atomic E-state index is 0.707. The molecule has 0 fully saturated rings. The van der Waals surface area contributed by atoms with E-state index in [9.17, 15) is 0 Å². The van der Waals surface area contributed by atoms with E-state index in [0.29, 0.717) is 5.82 Å². The fourth-order valence-corrected chi connectivity index (χ4v) is 7.55. The lowest BCUT2D eigenvalue weighted by molar-refractivity contribution is 1.05. The van der Waals surface area contributed by atoms with Crippen molar-refractivity contribution in [3.63, 3.8) is 0 Å². The van der Waals surface area contributed by atoms with Gasteiger partial charge in [0.25, 0.3) is 0 Å². The average Bonchev–Trinajstić information content (AvgIpc) is 3.49. The van der Waals surface area contributed by atoms with Crippen molar-refractivity contribution in [3.05, 3.63) is 164 Å². The monoisotopic (exact) mass is 597 g/mol. The van der Waals surface area contributed by atoms with Crippen molar-refractivity contribution in [2.24, 2.45) is 0 Å². The van der Waals surface area contributed by atoms with Gasteiger partial charge in [-0.25, -0.2) is 9.97 Å². The van der Waals surface area contributed by atoms with E-state index in [4.69, 9.17) is 9.97 Å². The first-order chi connectivity index (χ1) is 23.3. The topological polar surface area (TPSA) is 30.7 Å². The Morgan fingerprint density at radius 1 is 0.362 bits per heavy atom. The van der Waals surface area contributed by atoms with Crippen molar-refractivity contribution in [3.8, 4) is 28.5 Å². The third kappa shape index (κ3) is 3.87. The summed E-state index contributed by atoms with van der Waals surface area (Å²) in [7, 11) is 0. The molecule has 2 aromatic heterocycles. The van der Waals surface area contributed by atoms with Gasteiger partial charge in [0.2, 0.25) is 0 Å². The van der Waals surface area contributed by atoms with E-state index in [1.807, 2.05) is 6.07 Å². The standard InChI is InChI=1S/C44H27N3/c1-2-14-28(15-3-1)39-27-42(47-40-24-12-10-20-33(40)34-21-11-13-25-41(34)47)46-44(45-39)38-26-37-31-18-5-4-16-29(31)30-17-6-8-22-35(30)43(37)36-23-9-7-19-32(36)38/h1-27H. The van der Waals surface area contributed by atoms with E-state index in [0.717, 1.165) is 39.1 Å². The van der Waals surface area contributed by atoms with Crippen LogP contribution >= 0.6 is 0 Å². The summed E-state index contributed by atoms with van der Waals surface area (Å²) in [4.78, 5) is 10.7. The Morgan fingerprint density at radius 3 is 1.47 bits per heavy atom. The second-order valence-corrected chi connectivity index (χ2v) is 12.2. The smallest absolute Gasteiger partial charge is 0.162 e. The van der Waals surface area contributed by atoms with Gasteiger partial charge in [-0.1, -0.05) is 140 Å². The number of fused-ring (bicyclic) bond motifs is 11. The summed E-state index contributed by atoms with van der Waals surface area (Å²) in [6, 6.07) is 58.3. The van der Waals surface area contributed by atoms with E-state index in [-0.39, 0.29) is 0 Å². The molecule has 10 aromatic rings. The molecule has 0 atom stereocenters. The maximum absolute atomic E-state index is 5.42. The Labute approximate surface area is 271 Å². The zero-order valence-electron chi connectivity index (χ0n) is 25.4. The molecule has 218 valence electrons. The molecule has 0 saturated carbocycles. The Bertz CT molecular complexity index is 2790. The van der Waals surface area contributed by atoms with Crippen LogP contribution in [-0.4, -0.2) is 14.5 Å². The van der Waals surface area contributed by atoms with Gasteiger partial charge >= 0.3 is 0 Å². The van der Waals surface area contributed by atoms with Gasteiger partial charge in [0.05, 0.1) is 16.7 Å². The minimum Gasteiger partial charge on any atom is -0.294 e. The van der Waals surface area contributed by atoms with Crippen molar-refractivity contribution in [1.82, 2.24) is 14.5 Å². The molecule has 2 heterocycles. The Kier molecular flexibility index (Phi) is 5.57. The van der Waals surface area contributed by atoms with Gasteiger partial charge < -0.3 is 0 Å². The van der Waals surface area contributed by atoms with Gasteiger partial charge in [-0.05, 0) is 61.3 Å². The van der Waals surface area contributed by atoms with Gasteiger partial charge in [0.15, 0.2) is 5.82 Å². The van der Waals surface area contributed by atoms with Crippen LogP contribution in [0, 0.1) is 0 Å². The van der Waals surface area contributed by atoms with E-state index < -0.39 is 0 Å². The molecular formula is C44H27N3. The molecule has 47 heavy (non-hydrogen) atoms. The maximum atomic E-state index is 5.42. The lowest BCUT2D eigenvalue weighted by Gasteiger charge is -2.17. The largest absolute Gasteiger partial charge is 0.294 e. The van der Waals surface area contributed by atoms with Gasteiger partial charge in [0.1, 0.15) is 5.82 Å². The highest BCUT2D eigenvalue weighted by Gasteiger charge is 2.19. The highest BCUT2D eigenvalue weighted by Crippen LogP contribution is 2.43. The lowest BCUT2D eigenvalue weighted by atomic mass is 9.89. The number of aromatic nitrogens is 3. The molecule has 8 aromatic carbocycles. The molecule has 0 saturated heterocycles. The van der Waals surface area contributed by atoms with Crippen molar-refractivity contribution in [2.45, 2.75) is 0 Å². The second kappa shape index (κ2) is 10.1. The van der Waals surface area contributed by atoms with Gasteiger partial charge in [0, 0.05) is 28.0 Å². The summed E-state index contributed by atoms with van der Waals surface area (Å²) in [5, 5.41) is 12.2. The molecule has 0 aliphatic carbocycles. The quantitative estimate of drug-likeness (QED) is 0.190. The number of rotatable bonds is 3. The summed E-state index contributed by atoms with van der Waals surface area (Å²) in [6.07, 6.45) is 0. The van der Waals surface area contributed by atoms with E-state index in [1.165, 1.54) is 48.5 Å². The first-order valence-electron chi connectivity index (χ1n) is 16.0. The molecule has 0 N–H and O–H groups in total. The molecule has 0 aliphatic heterocycles. The zero-order valence-corrected chi connectivity index (χ0v) is 25.4. The maximum Gasteiger partial charge on any atom is 0.162 e. The third-order valence-corrected chi connectivity index (χ3v) is 9.58. The first-order valence-corrected chi connectivity index (χ1v) is 16.0. The molecule has 0 spiro atoms. The van der Waals surface area contributed by atoms with E-state index >= 15 is 0 Å². The molecule has 0 radical (unpaired) electrons. The van der Waals surface area contributed by atoms with Crippen molar-refractivity contribution >= 4 is 64.9 Å². The zero-order chi connectivity index (χ0) is 30.9. The summed E-state index contributed by atoms with van der Waals surface area (Å²) in [5.41, 5.74) is 5.21. The predicted octanol–water partition coefficient (Wildman–Crippen LogP) is 11.5. The van der Waals surface area contributed by atoms with Crippen LogP contribution in [0.15, 0.2) is 164 Å². The summed E-state index contributed by atoms with van der Waals surface area (Å²) < 4.78 is 2.29. The van der Waals surface area contributed by atoms with Gasteiger partial charge in [-0.2, -0.15) is 0 Å². The number of benzene rings is 8. The van der Waals surface area contributed by atoms with Crippen LogP contribution in [0.1, 0.15) is 0 Å². The normalized spacial score (nSPS) is 11.8. The summed E-state index contributed by atoms with van der Waals surface area (Å²) in [6.45, 7) is 0. The molecule has 3 heteroatoms. The van der Waals surface area contributed by atoms with E-state index in [2.05, 4.69) is 162 Å². The Hall–Kier alpha value is -6.32. The van der Waals surface area contributed by atoms with Gasteiger partial charge in [-0.15, -0.1) is 0 Å². The molecule has 10 rings (SSSR count). The molecule has 0 aliphatic rings. The molecule has 0 amide bonds. The fourth-order valence-electron chi connectivity index (χ4n) is 7.55. The van der Waals surface area contributed by atoms with Crippen molar-refractivity contribution < 1.29 is 0 Å². The number of hydrogen-bond acceptors (Lipinski definition) is 2. The summed E-state index contributed by atoms with van der Waals surface area (Å²) in [5.74, 6) is 1.55. The van der Waals surface area contributed by atoms with Crippen LogP contribution in [0.25, 0.3) is 93.4 Å². The van der Waals surface area contributed by atoms with E-state index in [1.54, 1.807) is 0 Å². The second-order valence-electron chi connectivity index (χ2n) is 12.2. The van der Waals surface area contributed by atoms with Crippen LogP contribution in [0.3, 0.4) is 0 Å². The Balaban J connectivity index is 1.36. The molecular weight excluding hydrogens is 571 g/mol. The van der Waals surface area contributed by atoms with Gasteiger partial charge in [-0.3, -0.25) is 4.57 Å². The molecule has 0 bridgehead atoms. The Morgan fingerprint density at radius 2 is 0.830 bits per heavy atom.